The van der Waals surface area contributed by atoms with E-state index in [1.165, 1.54) is 0 Å². The molecule has 1 heterocycles. The van der Waals surface area contributed by atoms with Gasteiger partial charge in [0.2, 0.25) is 0 Å². The Morgan fingerprint density at radius 1 is 1.42 bits per heavy atom. The van der Waals surface area contributed by atoms with Gasteiger partial charge in [-0.2, -0.15) is 0 Å². The molecule has 0 radical (unpaired) electrons. The number of anilines is 1. The summed E-state index contributed by atoms with van der Waals surface area (Å²) in [7, 11) is -3.06. The second kappa shape index (κ2) is 9.22. The highest BCUT2D eigenvalue weighted by Crippen LogP contribution is 2.22. The standard InChI is InChI=1S/C15H22N2O5S.ClH/c1-23(19,20)8-7-21-12-4-2-3-11(9-12)17-15(18)14-6-5-13(10-16)22-14;/h2-4,9,13-14H,5-8,10,16H2,1H3,(H,17,18);1H/t13-,14+;/m1./s1. The first-order valence-corrected chi connectivity index (χ1v) is 9.50. The molecule has 1 aliphatic rings. The highest BCUT2D eigenvalue weighted by atomic mass is 35.5. The lowest BCUT2D eigenvalue weighted by Gasteiger charge is -2.13. The van der Waals surface area contributed by atoms with Crippen molar-refractivity contribution in [2.75, 3.05) is 30.5 Å². The van der Waals surface area contributed by atoms with Crippen LogP contribution in [0.3, 0.4) is 0 Å². The Bertz CT molecular complexity index is 653. The van der Waals surface area contributed by atoms with Gasteiger partial charge in [-0.15, -0.1) is 12.4 Å². The highest BCUT2D eigenvalue weighted by Gasteiger charge is 2.29. The van der Waals surface area contributed by atoms with Crippen molar-refractivity contribution in [2.45, 2.75) is 25.0 Å². The van der Waals surface area contributed by atoms with Crippen molar-refractivity contribution in [2.24, 2.45) is 5.73 Å². The van der Waals surface area contributed by atoms with E-state index in [0.717, 1.165) is 12.7 Å². The maximum atomic E-state index is 12.1. The Hall–Kier alpha value is -1.35. The van der Waals surface area contributed by atoms with Crippen LogP contribution in [0.2, 0.25) is 0 Å². The number of amides is 1. The molecule has 1 aromatic carbocycles. The molecule has 1 fully saturated rings. The molecule has 1 amide bonds. The van der Waals surface area contributed by atoms with Gasteiger partial charge in [-0.05, 0) is 25.0 Å². The summed E-state index contributed by atoms with van der Waals surface area (Å²) < 4.78 is 33.1. The second-order valence-corrected chi connectivity index (χ2v) is 7.81. The van der Waals surface area contributed by atoms with Crippen LogP contribution in [0.5, 0.6) is 5.75 Å². The highest BCUT2D eigenvalue weighted by molar-refractivity contribution is 7.90. The van der Waals surface area contributed by atoms with Gasteiger partial charge in [0.15, 0.2) is 9.84 Å². The van der Waals surface area contributed by atoms with Gasteiger partial charge >= 0.3 is 0 Å². The fourth-order valence-corrected chi connectivity index (χ4v) is 2.66. The van der Waals surface area contributed by atoms with Gasteiger partial charge in [0.1, 0.15) is 18.5 Å². The summed E-state index contributed by atoms with van der Waals surface area (Å²) >= 11 is 0. The van der Waals surface area contributed by atoms with E-state index in [-0.39, 0.29) is 36.8 Å². The lowest BCUT2D eigenvalue weighted by molar-refractivity contribution is -0.126. The maximum absolute atomic E-state index is 12.1. The van der Waals surface area contributed by atoms with Gasteiger partial charge < -0.3 is 20.5 Å². The fraction of sp³-hybridized carbons (Fsp3) is 0.533. The normalized spacial score (nSPS) is 20.2. The van der Waals surface area contributed by atoms with Crippen molar-refractivity contribution in [3.63, 3.8) is 0 Å². The summed E-state index contributed by atoms with van der Waals surface area (Å²) in [5.41, 5.74) is 6.11. The molecular formula is C15H23ClN2O5S. The lowest BCUT2D eigenvalue weighted by Crippen LogP contribution is -2.29. The average Bonchev–Trinajstić information content (AvgIpc) is 2.95. The van der Waals surface area contributed by atoms with Crippen molar-refractivity contribution < 1.29 is 22.7 Å². The molecule has 1 aromatic rings. The molecule has 0 aromatic heterocycles. The first-order valence-electron chi connectivity index (χ1n) is 7.44. The van der Waals surface area contributed by atoms with E-state index < -0.39 is 15.9 Å². The largest absolute Gasteiger partial charge is 0.492 e. The third-order valence-electron chi connectivity index (χ3n) is 3.49. The number of carbonyl (C=O) groups is 1. The number of carbonyl (C=O) groups excluding carboxylic acids is 1. The van der Waals surface area contributed by atoms with Crippen molar-refractivity contribution in [3.8, 4) is 5.75 Å². The van der Waals surface area contributed by atoms with Crippen LogP contribution in [0, 0.1) is 0 Å². The molecule has 3 N–H and O–H groups in total. The van der Waals surface area contributed by atoms with E-state index in [2.05, 4.69) is 5.32 Å². The van der Waals surface area contributed by atoms with Gasteiger partial charge in [-0.25, -0.2) is 8.42 Å². The average molecular weight is 379 g/mol. The SMILES string of the molecule is CS(=O)(=O)CCOc1cccc(NC(=O)[C@@H]2CC[C@H](CN)O2)c1.Cl. The van der Waals surface area contributed by atoms with Gasteiger partial charge in [0, 0.05) is 24.6 Å². The number of halogens is 1. The van der Waals surface area contributed by atoms with Gasteiger partial charge in [-0.3, -0.25) is 4.79 Å². The van der Waals surface area contributed by atoms with Gasteiger partial charge in [0.25, 0.3) is 5.91 Å². The Balaban J connectivity index is 0.00000288. The minimum atomic E-state index is -3.06. The van der Waals surface area contributed by atoms with Crippen molar-refractivity contribution >= 4 is 33.8 Å². The Morgan fingerprint density at radius 2 is 2.17 bits per heavy atom. The predicted molar refractivity (Wildman–Crippen MR) is 94.5 cm³/mol. The van der Waals surface area contributed by atoms with Crippen LogP contribution < -0.4 is 15.8 Å². The van der Waals surface area contributed by atoms with Gasteiger partial charge in [-0.1, -0.05) is 6.07 Å². The summed E-state index contributed by atoms with van der Waals surface area (Å²) in [6.45, 7) is 0.480. The molecule has 7 nitrogen and oxygen atoms in total. The zero-order valence-electron chi connectivity index (χ0n) is 13.4. The Labute approximate surface area is 148 Å². The van der Waals surface area contributed by atoms with Crippen LogP contribution in [0.4, 0.5) is 5.69 Å². The van der Waals surface area contributed by atoms with E-state index >= 15 is 0 Å². The molecule has 0 unspecified atom stereocenters. The number of benzene rings is 1. The number of ether oxygens (including phenoxy) is 2. The summed E-state index contributed by atoms with van der Waals surface area (Å²) in [5.74, 6) is 0.229. The summed E-state index contributed by atoms with van der Waals surface area (Å²) in [6.07, 6.45) is 2.04. The molecule has 9 heteroatoms. The van der Waals surface area contributed by atoms with E-state index in [1.807, 2.05) is 0 Å². The zero-order valence-corrected chi connectivity index (χ0v) is 15.1. The molecule has 0 saturated carbocycles. The number of sulfone groups is 1. The minimum Gasteiger partial charge on any atom is -0.492 e. The number of rotatable bonds is 7. The third kappa shape index (κ3) is 6.64. The first-order chi connectivity index (χ1) is 10.9. The van der Waals surface area contributed by atoms with E-state index in [4.69, 9.17) is 15.2 Å². The van der Waals surface area contributed by atoms with Crippen molar-refractivity contribution in [1.29, 1.82) is 0 Å². The van der Waals surface area contributed by atoms with Crippen LogP contribution in [0.15, 0.2) is 24.3 Å². The number of hydrogen-bond donors (Lipinski definition) is 2. The molecule has 136 valence electrons. The third-order valence-corrected chi connectivity index (χ3v) is 4.40. The molecule has 1 aliphatic heterocycles. The fourth-order valence-electron chi connectivity index (χ4n) is 2.27. The van der Waals surface area contributed by atoms with Crippen molar-refractivity contribution in [1.82, 2.24) is 0 Å². The molecule has 0 aliphatic carbocycles. The summed E-state index contributed by atoms with van der Waals surface area (Å²) in [4.78, 5) is 12.1. The van der Waals surface area contributed by atoms with Crippen LogP contribution >= 0.6 is 12.4 Å². The Kier molecular flexibility index (Phi) is 7.95. The van der Waals surface area contributed by atoms with Crippen molar-refractivity contribution in [3.05, 3.63) is 24.3 Å². The number of nitrogens with one attached hydrogen (secondary N) is 1. The van der Waals surface area contributed by atoms with Crippen LogP contribution in [0.1, 0.15) is 12.8 Å². The van der Waals surface area contributed by atoms with E-state index in [9.17, 15) is 13.2 Å². The molecule has 0 bridgehead atoms. The monoisotopic (exact) mass is 378 g/mol. The van der Waals surface area contributed by atoms with Gasteiger partial charge in [0.05, 0.1) is 11.9 Å². The van der Waals surface area contributed by atoms with Crippen LogP contribution in [0.25, 0.3) is 0 Å². The molecule has 2 atom stereocenters. The van der Waals surface area contributed by atoms with E-state index in [0.29, 0.717) is 24.4 Å². The first kappa shape index (κ1) is 20.7. The quantitative estimate of drug-likeness (QED) is 0.732. The van der Waals surface area contributed by atoms with E-state index in [1.54, 1.807) is 24.3 Å². The lowest BCUT2D eigenvalue weighted by atomic mass is 10.2. The second-order valence-electron chi connectivity index (χ2n) is 5.56. The minimum absolute atomic E-state index is 0. The molecular weight excluding hydrogens is 356 g/mol. The number of nitrogens with two attached hydrogens (primary N) is 1. The summed E-state index contributed by atoms with van der Waals surface area (Å²) in [5, 5.41) is 2.77. The Morgan fingerprint density at radius 3 is 2.79 bits per heavy atom. The van der Waals surface area contributed by atoms with Crippen LogP contribution in [-0.2, 0) is 19.4 Å². The van der Waals surface area contributed by atoms with Crippen LogP contribution in [-0.4, -0.2) is 51.7 Å². The molecule has 1 saturated heterocycles. The molecule has 2 rings (SSSR count). The molecule has 24 heavy (non-hydrogen) atoms. The topological polar surface area (TPSA) is 108 Å². The maximum Gasteiger partial charge on any atom is 0.253 e. The summed E-state index contributed by atoms with van der Waals surface area (Å²) in [6, 6.07) is 6.81. The zero-order chi connectivity index (χ0) is 16.9. The predicted octanol–water partition coefficient (Wildman–Crippen LogP) is 0.977. The number of hydrogen-bond acceptors (Lipinski definition) is 6. The molecule has 0 spiro atoms. The smallest absolute Gasteiger partial charge is 0.253 e.